The van der Waals surface area contributed by atoms with Crippen molar-refractivity contribution in [3.63, 3.8) is 0 Å². The van der Waals surface area contributed by atoms with E-state index in [1.54, 1.807) is 25.5 Å². The Balaban J connectivity index is 1.43. The second-order valence-electron chi connectivity index (χ2n) is 8.13. The molecule has 3 aromatic heterocycles. The van der Waals surface area contributed by atoms with E-state index < -0.39 is 0 Å². The summed E-state index contributed by atoms with van der Waals surface area (Å²) in [4.78, 5) is 45.2. The average Bonchev–Trinajstić information content (AvgIpc) is 3.28. The molecule has 1 N–H and O–H groups in total. The highest BCUT2D eigenvalue weighted by molar-refractivity contribution is 5.88. The van der Waals surface area contributed by atoms with Gasteiger partial charge in [0.2, 0.25) is 11.8 Å². The predicted molar refractivity (Wildman–Crippen MR) is 128 cm³/mol. The number of fused-ring (bicyclic) bond motifs is 1. The van der Waals surface area contributed by atoms with E-state index in [0.29, 0.717) is 24.6 Å². The number of benzene rings is 1. The molecule has 1 aromatic carbocycles. The van der Waals surface area contributed by atoms with Gasteiger partial charge in [0.15, 0.2) is 11.5 Å². The third-order valence-corrected chi connectivity index (χ3v) is 5.82. The van der Waals surface area contributed by atoms with Crippen LogP contribution in [0.3, 0.4) is 0 Å². The van der Waals surface area contributed by atoms with Crippen molar-refractivity contribution < 1.29 is 9.59 Å². The second-order valence-corrected chi connectivity index (χ2v) is 8.13. The number of carbonyl (C=O) groups excluding carboxylic acids is 2. The Morgan fingerprint density at radius 3 is 2.38 bits per heavy atom. The first-order valence-electron chi connectivity index (χ1n) is 11.0. The lowest BCUT2D eigenvalue weighted by molar-refractivity contribution is -0.129. The zero-order valence-corrected chi connectivity index (χ0v) is 19.0. The number of nitrogens with zero attached hydrogens (tertiary/aromatic N) is 7. The third kappa shape index (κ3) is 4.29. The number of piperazine rings is 1. The van der Waals surface area contributed by atoms with Crippen molar-refractivity contribution >= 4 is 29.0 Å². The number of carbonyl (C=O) groups is 2. The van der Waals surface area contributed by atoms with Crippen LogP contribution in [0.5, 0.6) is 0 Å². The SMILES string of the molecule is CC(=O)Nc1ccc(-c2cn3c(-c4nccc(N5CCN(C(C)=O)CC5)n4)cnc3cn2)cc1. The van der Waals surface area contributed by atoms with Crippen molar-refractivity contribution in [2.75, 3.05) is 36.4 Å². The molecule has 34 heavy (non-hydrogen) atoms. The highest BCUT2D eigenvalue weighted by Gasteiger charge is 2.20. The molecular weight excluding hydrogens is 432 g/mol. The molecule has 2 amide bonds. The quantitative estimate of drug-likeness (QED) is 0.502. The van der Waals surface area contributed by atoms with Crippen LogP contribution in [0.2, 0.25) is 0 Å². The van der Waals surface area contributed by atoms with Crippen LogP contribution in [0.4, 0.5) is 11.5 Å². The molecule has 0 aliphatic carbocycles. The van der Waals surface area contributed by atoms with Gasteiger partial charge >= 0.3 is 0 Å². The normalized spacial score (nSPS) is 13.8. The summed E-state index contributed by atoms with van der Waals surface area (Å²) in [7, 11) is 0. The minimum atomic E-state index is -0.113. The molecule has 172 valence electrons. The fourth-order valence-corrected chi connectivity index (χ4v) is 4.03. The minimum Gasteiger partial charge on any atom is -0.353 e. The summed E-state index contributed by atoms with van der Waals surface area (Å²) in [5.41, 5.74) is 3.86. The Labute approximate surface area is 196 Å². The summed E-state index contributed by atoms with van der Waals surface area (Å²) in [6.45, 7) is 5.90. The molecule has 4 aromatic rings. The maximum atomic E-state index is 11.6. The molecule has 0 atom stereocenters. The molecule has 0 radical (unpaired) electrons. The van der Waals surface area contributed by atoms with Crippen molar-refractivity contribution in [2.45, 2.75) is 13.8 Å². The van der Waals surface area contributed by atoms with Crippen LogP contribution < -0.4 is 10.2 Å². The van der Waals surface area contributed by atoms with Gasteiger partial charge in [-0.25, -0.2) is 15.0 Å². The van der Waals surface area contributed by atoms with E-state index in [1.807, 2.05) is 45.8 Å². The molecule has 10 nitrogen and oxygen atoms in total. The summed E-state index contributed by atoms with van der Waals surface area (Å²) in [5, 5.41) is 2.77. The monoisotopic (exact) mass is 456 g/mol. The summed E-state index contributed by atoms with van der Waals surface area (Å²) in [5.74, 6) is 1.38. The van der Waals surface area contributed by atoms with Crippen LogP contribution in [-0.2, 0) is 9.59 Å². The van der Waals surface area contributed by atoms with Gasteiger partial charge in [-0.2, -0.15) is 0 Å². The van der Waals surface area contributed by atoms with Gasteiger partial charge in [0.25, 0.3) is 0 Å². The van der Waals surface area contributed by atoms with Gasteiger partial charge in [0, 0.05) is 63.7 Å². The van der Waals surface area contributed by atoms with Crippen molar-refractivity contribution in [1.82, 2.24) is 29.2 Å². The highest BCUT2D eigenvalue weighted by atomic mass is 16.2. The molecule has 4 heterocycles. The Kier molecular flexibility index (Phi) is 5.62. The molecule has 1 saturated heterocycles. The number of anilines is 2. The minimum absolute atomic E-state index is 0.0999. The van der Waals surface area contributed by atoms with E-state index in [2.05, 4.69) is 25.2 Å². The number of imidazole rings is 1. The van der Waals surface area contributed by atoms with Crippen LogP contribution in [0.15, 0.2) is 55.1 Å². The predicted octanol–water partition coefficient (Wildman–Crippen LogP) is 2.48. The van der Waals surface area contributed by atoms with E-state index >= 15 is 0 Å². The summed E-state index contributed by atoms with van der Waals surface area (Å²) in [6.07, 6.45) is 7.11. The van der Waals surface area contributed by atoms with Crippen LogP contribution in [0.25, 0.3) is 28.4 Å². The largest absolute Gasteiger partial charge is 0.353 e. The smallest absolute Gasteiger partial charge is 0.221 e. The molecule has 1 aliphatic heterocycles. The van der Waals surface area contributed by atoms with Gasteiger partial charge in [0.1, 0.15) is 11.5 Å². The van der Waals surface area contributed by atoms with Crippen LogP contribution >= 0.6 is 0 Å². The Morgan fingerprint density at radius 1 is 0.912 bits per heavy atom. The fourth-order valence-electron chi connectivity index (χ4n) is 4.03. The van der Waals surface area contributed by atoms with Gasteiger partial charge in [-0.15, -0.1) is 0 Å². The van der Waals surface area contributed by atoms with Crippen LogP contribution in [-0.4, -0.2) is 67.2 Å². The van der Waals surface area contributed by atoms with Gasteiger partial charge < -0.3 is 15.1 Å². The van der Waals surface area contributed by atoms with Gasteiger partial charge in [-0.3, -0.25) is 19.0 Å². The van der Waals surface area contributed by atoms with Crippen LogP contribution in [0.1, 0.15) is 13.8 Å². The van der Waals surface area contributed by atoms with Gasteiger partial charge in [-0.1, -0.05) is 12.1 Å². The van der Waals surface area contributed by atoms with Crippen molar-refractivity contribution in [3.8, 4) is 22.8 Å². The number of hydrogen-bond acceptors (Lipinski definition) is 7. The number of amides is 2. The van der Waals surface area contributed by atoms with E-state index in [-0.39, 0.29) is 11.8 Å². The number of hydrogen-bond donors (Lipinski definition) is 1. The zero-order valence-electron chi connectivity index (χ0n) is 19.0. The molecule has 0 unspecified atom stereocenters. The van der Waals surface area contributed by atoms with E-state index in [1.165, 1.54) is 6.92 Å². The number of rotatable bonds is 4. The third-order valence-electron chi connectivity index (χ3n) is 5.82. The van der Waals surface area contributed by atoms with E-state index in [9.17, 15) is 9.59 Å². The lowest BCUT2D eigenvalue weighted by Gasteiger charge is -2.34. The molecular formula is C24H24N8O2. The molecule has 5 rings (SSSR count). The molecule has 10 heteroatoms. The highest BCUT2D eigenvalue weighted by Crippen LogP contribution is 2.24. The van der Waals surface area contributed by atoms with Crippen LogP contribution in [0, 0.1) is 0 Å². The Morgan fingerprint density at radius 2 is 1.68 bits per heavy atom. The van der Waals surface area contributed by atoms with Gasteiger partial charge in [0.05, 0.1) is 18.1 Å². The van der Waals surface area contributed by atoms with E-state index in [0.717, 1.165) is 41.5 Å². The standard InChI is InChI=1S/C24H24N8O2/c1-16(33)28-19-5-3-18(4-6-19)20-15-32-21(13-27-23(32)14-26-20)24-25-8-7-22(29-24)31-11-9-30(10-12-31)17(2)34/h3-8,13-15H,9-12H2,1-2H3,(H,28,33). The van der Waals surface area contributed by atoms with Gasteiger partial charge in [-0.05, 0) is 18.2 Å². The lowest BCUT2D eigenvalue weighted by Crippen LogP contribution is -2.48. The summed E-state index contributed by atoms with van der Waals surface area (Å²) >= 11 is 0. The van der Waals surface area contributed by atoms with Crippen molar-refractivity contribution in [1.29, 1.82) is 0 Å². The Bertz CT molecular complexity index is 1360. The molecule has 0 bridgehead atoms. The first kappa shape index (κ1) is 21.5. The molecule has 1 aliphatic rings. The van der Waals surface area contributed by atoms with Crippen molar-refractivity contribution in [3.05, 3.63) is 55.1 Å². The summed E-state index contributed by atoms with van der Waals surface area (Å²) < 4.78 is 1.93. The topological polar surface area (TPSA) is 109 Å². The molecule has 0 saturated carbocycles. The summed E-state index contributed by atoms with van der Waals surface area (Å²) in [6, 6.07) is 9.40. The molecule has 1 fully saturated rings. The second kappa shape index (κ2) is 8.89. The Hall–Kier alpha value is -4.34. The maximum absolute atomic E-state index is 11.6. The molecule has 0 spiro atoms. The first-order valence-corrected chi connectivity index (χ1v) is 11.0. The average molecular weight is 457 g/mol. The fraction of sp³-hybridized carbons (Fsp3) is 0.250. The zero-order chi connectivity index (χ0) is 23.7. The number of aromatic nitrogens is 5. The van der Waals surface area contributed by atoms with Crippen molar-refractivity contribution in [2.24, 2.45) is 0 Å². The maximum Gasteiger partial charge on any atom is 0.221 e. The van der Waals surface area contributed by atoms with E-state index in [4.69, 9.17) is 4.98 Å². The first-order chi connectivity index (χ1) is 16.5. The number of nitrogens with one attached hydrogen (secondary N) is 1. The lowest BCUT2D eigenvalue weighted by atomic mass is 10.1.